The van der Waals surface area contributed by atoms with E-state index in [1.165, 1.54) is 0 Å². The molecule has 2 N–H and O–H groups in total. The molecule has 1 aromatic carbocycles. The third kappa shape index (κ3) is 2.46. The Balaban J connectivity index is 2.37. The minimum atomic E-state index is -1.85. The lowest BCUT2D eigenvalue weighted by molar-refractivity contribution is -0.167. The van der Waals surface area contributed by atoms with E-state index in [9.17, 15) is 19.8 Å². The van der Waals surface area contributed by atoms with E-state index >= 15 is 0 Å². The molecule has 0 saturated carbocycles. The van der Waals surface area contributed by atoms with Gasteiger partial charge in [-0.2, -0.15) is 0 Å². The van der Waals surface area contributed by atoms with Gasteiger partial charge in [-0.05, 0) is 31.5 Å². The van der Waals surface area contributed by atoms with Crippen LogP contribution in [-0.2, 0) is 16.0 Å². The van der Waals surface area contributed by atoms with Crippen LogP contribution in [0, 0.1) is 0 Å². The van der Waals surface area contributed by atoms with Crippen molar-refractivity contribution in [2.75, 3.05) is 13.1 Å². The van der Waals surface area contributed by atoms with Gasteiger partial charge >= 0.3 is 11.9 Å². The van der Waals surface area contributed by atoms with E-state index < -0.39 is 17.5 Å². The summed E-state index contributed by atoms with van der Waals surface area (Å²) < 4.78 is 0. The van der Waals surface area contributed by atoms with E-state index in [4.69, 9.17) is 0 Å². The van der Waals surface area contributed by atoms with Crippen LogP contribution < -0.4 is 0 Å². The highest BCUT2D eigenvalue weighted by atomic mass is 16.4. The van der Waals surface area contributed by atoms with Crippen LogP contribution >= 0.6 is 0 Å². The Labute approximate surface area is 111 Å². The van der Waals surface area contributed by atoms with Crippen molar-refractivity contribution in [2.45, 2.75) is 24.8 Å². The molecule has 1 aromatic rings. The van der Waals surface area contributed by atoms with Gasteiger partial charge in [-0.25, -0.2) is 9.59 Å². The number of likely N-dealkylation sites (tertiary alicyclic amines) is 1. The van der Waals surface area contributed by atoms with Gasteiger partial charge in [-0.15, -0.1) is 0 Å². The van der Waals surface area contributed by atoms with Gasteiger partial charge in [0.2, 0.25) is 5.54 Å². The van der Waals surface area contributed by atoms with Crippen molar-refractivity contribution < 1.29 is 19.8 Å². The fourth-order valence-corrected chi connectivity index (χ4v) is 2.62. The predicted molar refractivity (Wildman–Crippen MR) is 69.0 cm³/mol. The molecule has 1 aliphatic heterocycles. The zero-order valence-corrected chi connectivity index (χ0v) is 10.6. The minimum Gasteiger partial charge on any atom is -0.479 e. The lowest BCUT2D eigenvalue weighted by Gasteiger charge is -2.34. The first-order valence-corrected chi connectivity index (χ1v) is 6.33. The fraction of sp³-hybridized carbons (Fsp3) is 0.429. The first kappa shape index (κ1) is 13.5. The maximum Gasteiger partial charge on any atom is 0.336 e. The largest absolute Gasteiger partial charge is 0.479 e. The second-order valence-corrected chi connectivity index (χ2v) is 4.83. The van der Waals surface area contributed by atoms with Crippen LogP contribution in [0.25, 0.3) is 0 Å². The smallest absolute Gasteiger partial charge is 0.336 e. The molecule has 0 aromatic heterocycles. The maximum absolute atomic E-state index is 11.6. The van der Waals surface area contributed by atoms with Gasteiger partial charge in [0, 0.05) is 6.42 Å². The Bertz CT molecular complexity index is 452. The molecule has 1 aliphatic rings. The van der Waals surface area contributed by atoms with E-state index in [1.807, 2.05) is 6.07 Å². The average molecular weight is 263 g/mol. The van der Waals surface area contributed by atoms with E-state index in [-0.39, 0.29) is 6.42 Å². The highest BCUT2D eigenvalue weighted by Gasteiger charge is 2.52. The van der Waals surface area contributed by atoms with Gasteiger partial charge in [0.05, 0.1) is 0 Å². The number of nitrogens with zero attached hydrogens (tertiary/aromatic N) is 1. The van der Waals surface area contributed by atoms with Crippen molar-refractivity contribution in [1.29, 1.82) is 0 Å². The Morgan fingerprint density at radius 3 is 2.05 bits per heavy atom. The lowest BCUT2D eigenvalue weighted by atomic mass is 9.89. The topological polar surface area (TPSA) is 77.8 Å². The van der Waals surface area contributed by atoms with Crippen LogP contribution in [0.5, 0.6) is 0 Å². The number of hydrogen-bond donors (Lipinski definition) is 2. The molecule has 0 aliphatic carbocycles. The second-order valence-electron chi connectivity index (χ2n) is 4.83. The molecule has 2 rings (SSSR count). The van der Waals surface area contributed by atoms with Crippen molar-refractivity contribution in [1.82, 2.24) is 4.90 Å². The van der Waals surface area contributed by atoms with Crippen LogP contribution in [0.4, 0.5) is 0 Å². The summed E-state index contributed by atoms with van der Waals surface area (Å²) in [5.41, 5.74) is -1.13. The standard InChI is InChI=1S/C14H17NO4/c16-12(17)14(13(18)19,15-8-4-5-9-15)10-11-6-2-1-3-7-11/h1-3,6-7H,4-5,8-10H2,(H,16,17)(H,18,19). The summed E-state index contributed by atoms with van der Waals surface area (Å²) in [6, 6.07) is 8.91. The summed E-state index contributed by atoms with van der Waals surface area (Å²) in [5, 5.41) is 19.0. The molecule has 1 saturated heterocycles. The first-order valence-electron chi connectivity index (χ1n) is 6.33. The average Bonchev–Trinajstić information content (AvgIpc) is 2.90. The summed E-state index contributed by atoms with van der Waals surface area (Å²) in [7, 11) is 0. The molecule has 5 nitrogen and oxygen atoms in total. The summed E-state index contributed by atoms with van der Waals surface area (Å²) in [5.74, 6) is -2.57. The number of benzene rings is 1. The summed E-state index contributed by atoms with van der Waals surface area (Å²) in [6.07, 6.45) is 1.67. The normalized spacial score (nSPS) is 16.4. The zero-order chi connectivity index (χ0) is 13.9. The van der Waals surface area contributed by atoms with Gasteiger partial charge in [0.25, 0.3) is 0 Å². The quantitative estimate of drug-likeness (QED) is 0.781. The molecule has 1 heterocycles. The van der Waals surface area contributed by atoms with Crippen LogP contribution in [-0.4, -0.2) is 45.7 Å². The number of hydrogen-bond acceptors (Lipinski definition) is 3. The molecule has 0 bridgehead atoms. The monoisotopic (exact) mass is 263 g/mol. The van der Waals surface area contributed by atoms with Crippen molar-refractivity contribution in [2.24, 2.45) is 0 Å². The Morgan fingerprint density at radius 1 is 1.05 bits per heavy atom. The maximum atomic E-state index is 11.6. The first-order chi connectivity index (χ1) is 9.07. The molecule has 19 heavy (non-hydrogen) atoms. The number of carboxylic acids is 2. The zero-order valence-electron chi connectivity index (χ0n) is 10.6. The van der Waals surface area contributed by atoms with Crippen LogP contribution in [0.3, 0.4) is 0 Å². The molecule has 0 atom stereocenters. The van der Waals surface area contributed by atoms with E-state index in [1.54, 1.807) is 29.2 Å². The SMILES string of the molecule is O=C(O)C(Cc1ccccc1)(C(=O)O)N1CCCC1. The summed E-state index contributed by atoms with van der Waals surface area (Å²) in [6.45, 7) is 1.04. The molecule has 102 valence electrons. The lowest BCUT2D eigenvalue weighted by Crippen LogP contribution is -2.60. The Kier molecular flexibility index (Phi) is 3.85. The molecular formula is C14H17NO4. The third-order valence-corrected chi connectivity index (χ3v) is 3.66. The predicted octanol–water partition coefficient (Wildman–Crippen LogP) is 1.23. The number of carbonyl (C=O) groups is 2. The number of aliphatic carboxylic acids is 2. The Hall–Kier alpha value is -1.88. The minimum absolute atomic E-state index is 0.0154. The highest BCUT2D eigenvalue weighted by Crippen LogP contribution is 2.27. The fourth-order valence-electron chi connectivity index (χ4n) is 2.62. The molecule has 5 heteroatoms. The van der Waals surface area contributed by atoms with E-state index in [0.29, 0.717) is 13.1 Å². The highest BCUT2D eigenvalue weighted by molar-refractivity contribution is 6.03. The summed E-state index contributed by atoms with van der Waals surface area (Å²) in [4.78, 5) is 24.8. The van der Waals surface area contributed by atoms with E-state index in [2.05, 4.69) is 0 Å². The summed E-state index contributed by atoms with van der Waals surface area (Å²) >= 11 is 0. The van der Waals surface area contributed by atoms with Crippen LogP contribution in [0.15, 0.2) is 30.3 Å². The van der Waals surface area contributed by atoms with Crippen molar-refractivity contribution in [3.8, 4) is 0 Å². The molecule has 0 radical (unpaired) electrons. The van der Waals surface area contributed by atoms with Gasteiger partial charge in [-0.1, -0.05) is 30.3 Å². The van der Waals surface area contributed by atoms with Crippen molar-refractivity contribution >= 4 is 11.9 Å². The molecule has 0 spiro atoms. The van der Waals surface area contributed by atoms with Crippen molar-refractivity contribution in [3.05, 3.63) is 35.9 Å². The van der Waals surface area contributed by atoms with Crippen LogP contribution in [0.1, 0.15) is 18.4 Å². The van der Waals surface area contributed by atoms with Crippen LogP contribution in [0.2, 0.25) is 0 Å². The molecule has 0 amide bonds. The number of carboxylic acid groups (broad SMARTS) is 2. The number of rotatable bonds is 5. The van der Waals surface area contributed by atoms with Gasteiger partial charge in [-0.3, -0.25) is 4.90 Å². The van der Waals surface area contributed by atoms with Gasteiger partial charge in [0.1, 0.15) is 0 Å². The van der Waals surface area contributed by atoms with Gasteiger partial charge in [0.15, 0.2) is 0 Å². The molecule has 1 fully saturated rings. The van der Waals surface area contributed by atoms with Crippen molar-refractivity contribution in [3.63, 3.8) is 0 Å². The molecular weight excluding hydrogens is 246 g/mol. The third-order valence-electron chi connectivity index (χ3n) is 3.66. The molecule has 0 unspecified atom stereocenters. The second kappa shape index (κ2) is 5.40. The van der Waals surface area contributed by atoms with Gasteiger partial charge < -0.3 is 10.2 Å². The Morgan fingerprint density at radius 2 is 1.58 bits per heavy atom. The van der Waals surface area contributed by atoms with E-state index in [0.717, 1.165) is 18.4 Å².